The normalized spacial score (nSPS) is 21.6. The molecular formula is C13H26N2O2. The zero-order chi connectivity index (χ0) is 13.1. The molecule has 0 aromatic carbocycles. The molecule has 4 nitrogen and oxygen atoms in total. The van der Waals surface area contributed by atoms with E-state index >= 15 is 0 Å². The number of carbonyl (C=O) groups is 1. The number of carbonyl (C=O) groups excluding carboxylic acids is 1. The van der Waals surface area contributed by atoms with E-state index in [2.05, 4.69) is 18.7 Å². The molecule has 1 N–H and O–H groups in total. The Morgan fingerprint density at radius 1 is 1.29 bits per heavy atom. The maximum absolute atomic E-state index is 12.0. The number of hydrogen-bond acceptors (Lipinski definition) is 3. The molecule has 0 aromatic rings. The van der Waals surface area contributed by atoms with Crippen LogP contribution in [0.3, 0.4) is 0 Å². The second-order valence-corrected chi connectivity index (χ2v) is 5.54. The molecule has 1 aliphatic heterocycles. The quantitative estimate of drug-likeness (QED) is 0.802. The van der Waals surface area contributed by atoms with Crippen molar-refractivity contribution in [2.45, 2.75) is 52.2 Å². The summed E-state index contributed by atoms with van der Waals surface area (Å²) in [5, 5.41) is 9.91. The number of hydrogen-bond donors (Lipinski definition) is 1. The summed E-state index contributed by atoms with van der Waals surface area (Å²) < 4.78 is 0. The second kappa shape index (κ2) is 5.83. The van der Waals surface area contributed by atoms with Crippen molar-refractivity contribution in [2.75, 3.05) is 26.2 Å². The van der Waals surface area contributed by atoms with Crippen molar-refractivity contribution in [1.82, 2.24) is 9.80 Å². The van der Waals surface area contributed by atoms with Crippen molar-refractivity contribution in [2.24, 2.45) is 0 Å². The van der Waals surface area contributed by atoms with Gasteiger partial charge in [-0.1, -0.05) is 6.92 Å². The van der Waals surface area contributed by atoms with Crippen molar-refractivity contribution >= 4 is 5.91 Å². The van der Waals surface area contributed by atoms with Crippen molar-refractivity contribution < 1.29 is 9.90 Å². The van der Waals surface area contributed by atoms with E-state index in [1.54, 1.807) is 6.92 Å². The fourth-order valence-electron chi connectivity index (χ4n) is 2.05. The molecule has 0 bridgehead atoms. The largest absolute Gasteiger partial charge is 0.390 e. The number of amides is 1. The Morgan fingerprint density at radius 3 is 2.24 bits per heavy atom. The van der Waals surface area contributed by atoms with Crippen LogP contribution in [0.2, 0.25) is 0 Å². The zero-order valence-electron chi connectivity index (χ0n) is 11.6. The second-order valence-electron chi connectivity index (χ2n) is 5.54. The van der Waals surface area contributed by atoms with Gasteiger partial charge in [-0.3, -0.25) is 9.69 Å². The van der Waals surface area contributed by atoms with E-state index < -0.39 is 5.60 Å². The standard InChI is InChI=1S/C13H26N2O2/c1-5-13(4,17)10-12(16)15-8-6-14(7-9-15)11(2)3/h11,17H,5-10H2,1-4H3. The predicted molar refractivity (Wildman–Crippen MR) is 68.8 cm³/mol. The number of piperazine rings is 1. The monoisotopic (exact) mass is 242 g/mol. The molecule has 1 amide bonds. The van der Waals surface area contributed by atoms with Gasteiger partial charge in [-0.25, -0.2) is 0 Å². The molecule has 0 radical (unpaired) electrons. The third-order valence-corrected chi connectivity index (χ3v) is 3.69. The molecular weight excluding hydrogens is 216 g/mol. The van der Waals surface area contributed by atoms with Gasteiger partial charge in [0, 0.05) is 32.2 Å². The van der Waals surface area contributed by atoms with E-state index in [1.165, 1.54) is 0 Å². The maximum Gasteiger partial charge on any atom is 0.225 e. The van der Waals surface area contributed by atoms with Crippen LogP contribution in [-0.2, 0) is 4.79 Å². The highest BCUT2D eigenvalue weighted by molar-refractivity contribution is 5.77. The predicted octanol–water partition coefficient (Wildman–Crippen LogP) is 1.09. The SMILES string of the molecule is CCC(C)(O)CC(=O)N1CCN(C(C)C)CC1. The van der Waals surface area contributed by atoms with Crippen molar-refractivity contribution in [3.05, 3.63) is 0 Å². The average molecular weight is 242 g/mol. The average Bonchev–Trinajstić information content (AvgIpc) is 2.28. The Morgan fingerprint density at radius 2 is 1.82 bits per heavy atom. The van der Waals surface area contributed by atoms with Gasteiger partial charge in [0.25, 0.3) is 0 Å². The van der Waals surface area contributed by atoms with Crippen LogP contribution < -0.4 is 0 Å². The number of rotatable bonds is 4. The zero-order valence-corrected chi connectivity index (χ0v) is 11.6. The third-order valence-electron chi connectivity index (χ3n) is 3.69. The highest BCUT2D eigenvalue weighted by Crippen LogP contribution is 2.16. The van der Waals surface area contributed by atoms with E-state index in [9.17, 15) is 9.90 Å². The Balaban J connectivity index is 2.41. The fourth-order valence-corrected chi connectivity index (χ4v) is 2.05. The first-order valence-corrected chi connectivity index (χ1v) is 6.60. The molecule has 1 aliphatic rings. The minimum Gasteiger partial charge on any atom is -0.390 e. The van der Waals surface area contributed by atoms with E-state index in [-0.39, 0.29) is 12.3 Å². The molecule has 1 rings (SSSR count). The lowest BCUT2D eigenvalue weighted by atomic mass is 9.98. The smallest absolute Gasteiger partial charge is 0.225 e. The first-order valence-electron chi connectivity index (χ1n) is 6.60. The van der Waals surface area contributed by atoms with Crippen molar-refractivity contribution in [1.29, 1.82) is 0 Å². The minimum atomic E-state index is -0.855. The van der Waals surface area contributed by atoms with Crippen LogP contribution in [0.4, 0.5) is 0 Å². The van der Waals surface area contributed by atoms with Gasteiger partial charge in [0.15, 0.2) is 0 Å². The summed E-state index contributed by atoms with van der Waals surface area (Å²) in [4.78, 5) is 16.3. The van der Waals surface area contributed by atoms with E-state index in [4.69, 9.17) is 0 Å². The van der Waals surface area contributed by atoms with Crippen LogP contribution in [0.1, 0.15) is 40.5 Å². The van der Waals surface area contributed by atoms with Crippen LogP contribution in [0, 0.1) is 0 Å². The summed E-state index contributed by atoms with van der Waals surface area (Å²) in [5.41, 5.74) is -0.855. The van der Waals surface area contributed by atoms with Gasteiger partial charge >= 0.3 is 0 Å². The molecule has 1 heterocycles. The van der Waals surface area contributed by atoms with Gasteiger partial charge < -0.3 is 10.0 Å². The summed E-state index contributed by atoms with van der Waals surface area (Å²) in [6, 6.07) is 0.547. The van der Waals surface area contributed by atoms with E-state index in [1.807, 2.05) is 11.8 Å². The molecule has 1 saturated heterocycles. The molecule has 0 aromatic heterocycles. The minimum absolute atomic E-state index is 0.0836. The highest BCUT2D eigenvalue weighted by atomic mass is 16.3. The Bertz CT molecular complexity index is 256. The molecule has 17 heavy (non-hydrogen) atoms. The topological polar surface area (TPSA) is 43.8 Å². The van der Waals surface area contributed by atoms with Gasteiger partial charge in [-0.15, -0.1) is 0 Å². The summed E-state index contributed by atoms with van der Waals surface area (Å²) in [6.07, 6.45) is 0.857. The van der Waals surface area contributed by atoms with Gasteiger partial charge in [0.2, 0.25) is 5.91 Å². The lowest BCUT2D eigenvalue weighted by Crippen LogP contribution is -2.51. The summed E-state index contributed by atoms with van der Waals surface area (Å²) >= 11 is 0. The molecule has 100 valence electrons. The lowest BCUT2D eigenvalue weighted by Gasteiger charge is -2.37. The molecule has 1 fully saturated rings. The van der Waals surface area contributed by atoms with Crippen molar-refractivity contribution in [3.63, 3.8) is 0 Å². The number of aliphatic hydroxyl groups is 1. The van der Waals surface area contributed by atoms with Gasteiger partial charge in [0.05, 0.1) is 12.0 Å². The summed E-state index contributed by atoms with van der Waals surface area (Å²) in [6.45, 7) is 11.5. The van der Waals surface area contributed by atoms with Crippen molar-refractivity contribution in [3.8, 4) is 0 Å². The van der Waals surface area contributed by atoms with Crippen LogP contribution in [0.15, 0.2) is 0 Å². The Labute approximate surface area is 105 Å². The van der Waals surface area contributed by atoms with Gasteiger partial charge in [0.1, 0.15) is 0 Å². The maximum atomic E-state index is 12.0. The van der Waals surface area contributed by atoms with Crippen LogP contribution in [-0.4, -0.2) is 58.6 Å². The fraction of sp³-hybridized carbons (Fsp3) is 0.923. The first kappa shape index (κ1) is 14.5. The summed E-state index contributed by atoms with van der Waals surface area (Å²) in [7, 11) is 0. The lowest BCUT2D eigenvalue weighted by molar-refractivity contribution is -0.138. The van der Waals surface area contributed by atoms with Crippen LogP contribution in [0.25, 0.3) is 0 Å². The first-order chi connectivity index (χ1) is 7.85. The molecule has 1 unspecified atom stereocenters. The molecule has 0 saturated carbocycles. The highest BCUT2D eigenvalue weighted by Gasteiger charge is 2.28. The Hall–Kier alpha value is -0.610. The van der Waals surface area contributed by atoms with Gasteiger partial charge in [-0.05, 0) is 27.2 Å². The Kier molecular flexibility index (Phi) is 4.95. The number of nitrogens with zero attached hydrogens (tertiary/aromatic N) is 2. The molecule has 4 heteroatoms. The molecule has 0 spiro atoms. The van der Waals surface area contributed by atoms with Crippen LogP contribution in [0.5, 0.6) is 0 Å². The van der Waals surface area contributed by atoms with E-state index in [0.29, 0.717) is 12.5 Å². The summed E-state index contributed by atoms with van der Waals surface area (Å²) in [5.74, 6) is 0.0836. The third kappa shape index (κ3) is 4.28. The molecule has 0 aliphatic carbocycles. The molecule has 1 atom stereocenters. The van der Waals surface area contributed by atoms with Gasteiger partial charge in [-0.2, -0.15) is 0 Å². The van der Waals surface area contributed by atoms with E-state index in [0.717, 1.165) is 26.2 Å². The van der Waals surface area contributed by atoms with Crippen LogP contribution >= 0.6 is 0 Å².